The molecule has 0 bridgehead atoms. The summed E-state index contributed by atoms with van der Waals surface area (Å²) in [7, 11) is 0. The smallest absolute Gasteiger partial charge is 0.252 e. The summed E-state index contributed by atoms with van der Waals surface area (Å²) in [6.07, 6.45) is 8.92. The van der Waals surface area contributed by atoms with Crippen LogP contribution in [0.1, 0.15) is 21.5 Å². The van der Waals surface area contributed by atoms with Crippen molar-refractivity contribution in [1.82, 2.24) is 5.32 Å². The number of hydrogen-bond acceptors (Lipinski definition) is 1. The van der Waals surface area contributed by atoms with Gasteiger partial charge in [0.05, 0.1) is 6.04 Å². The lowest BCUT2D eigenvalue weighted by atomic mass is 9.95. The lowest BCUT2D eigenvalue weighted by molar-refractivity contribution is 0.0934. The molecule has 104 valence electrons. The number of allylic oxidation sites excluding steroid dienone is 2. The Labute approximate surface area is 124 Å². The van der Waals surface area contributed by atoms with E-state index in [0.29, 0.717) is 0 Å². The van der Waals surface area contributed by atoms with Crippen LogP contribution in [0.15, 0.2) is 72.8 Å². The van der Waals surface area contributed by atoms with Crippen molar-refractivity contribution in [2.24, 2.45) is 0 Å². The topological polar surface area (TPSA) is 29.1 Å². The first-order chi connectivity index (χ1) is 10.3. The van der Waals surface area contributed by atoms with Crippen molar-refractivity contribution in [3.63, 3.8) is 0 Å². The van der Waals surface area contributed by atoms with Gasteiger partial charge in [0.2, 0.25) is 0 Å². The van der Waals surface area contributed by atoms with Gasteiger partial charge in [-0.1, -0.05) is 72.8 Å². The van der Waals surface area contributed by atoms with Gasteiger partial charge in [-0.05, 0) is 23.6 Å². The molecule has 0 saturated heterocycles. The van der Waals surface area contributed by atoms with Gasteiger partial charge < -0.3 is 5.32 Å². The number of fused-ring (bicyclic) bond motifs is 1. The third-order valence-corrected chi connectivity index (χ3v) is 3.56. The first-order valence-electron chi connectivity index (χ1n) is 7.11. The van der Waals surface area contributed by atoms with Gasteiger partial charge in [0.15, 0.2) is 0 Å². The van der Waals surface area contributed by atoms with Gasteiger partial charge in [-0.2, -0.15) is 0 Å². The van der Waals surface area contributed by atoms with Crippen LogP contribution in [-0.2, 0) is 6.42 Å². The van der Waals surface area contributed by atoms with Crippen LogP contribution < -0.4 is 5.32 Å². The van der Waals surface area contributed by atoms with Crippen molar-refractivity contribution in [3.8, 4) is 0 Å². The third-order valence-electron chi connectivity index (χ3n) is 3.56. The molecule has 0 saturated carbocycles. The van der Waals surface area contributed by atoms with Gasteiger partial charge in [0, 0.05) is 5.56 Å². The second-order valence-corrected chi connectivity index (χ2v) is 5.10. The lowest BCUT2D eigenvalue weighted by Crippen LogP contribution is -2.39. The molecule has 0 aromatic heterocycles. The van der Waals surface area contributed by atoms with Crippen LogP contribution in [-0.4, -0.2) is 11.9 Å². The predicted molar refractivity (Wildman–Crippen MR) is 86.0 cm³/mol. The highest BCUT2D eigenvalue weighted by molar-refractivity contribution is 5.97. The number of carbonyl (C=O) groups excluding carboxylic acids is 1. The van der Waals surface area contributed by atoms with Gasteiger partial charge in [-0.15, -0.1) is 0 Å². The van der Waals surface area contributed by atoms with Crippen molar-refractivity contribution >= 4 is 12.0 Å². The Bertz CT molecular complexity index is 686. The van der Waals surface area contributed by atoms with Crippen LogP contribution in [0.3, 0.4) is 0 Å². The van der Waals surface area contributed by atoms with Gasteiger partial charge in [0.25, 0.3) is 5.91 Å². The first kappa shape index (κ1) is 13.4. The van der Waals surface area contributed by atoms with Crippen molar-refractivity contribution in [2.75, 3.05) is 0 Å². The predicted octanol–water partition coefficient (Wildman–Crippen LogP) is 3.61. The van der Waals surface area contributed by atoms with Crippen LogP contribution in [0.2, 0.25) is 0 Å². The summed E-state index contributed by atoms with van der Waals surface area (Å²) < 4.78 is 0. The van der Waals surface area contributed by atoms with Crippen LogP contribution in [0.4, 0.5) is 0 Å². The van der Waals surface area contributed by atoms with E-state index in [1.807, 2.05) is 60.7 Å². The average molecular weight is 275 g/mol. The zero-order valence-electron chi connectivity index (χ0n) is 11.7. The van der Waals surface area contributed by atoms with E-state index in [1.165, 1.54) is 5.56 Å². The fraction of sp³-hybridized carbons (Fsp3) is 0.105. The zero-order chi connectivity index (χ0) is 14.5. The second kappa shape index (κ2) is 6.23. The van der Waals surface area contributed by atoms with E-state index < -0.39 is 0 Å². The molecule has 0 aliphatic carbocycles. The van der Waals surface area contributed by atoms with Crippen molar-refractivity contribution < 1.29 is 4.79 Å². The number of rotatable bonds is 3. The molecule has 1 atom stereocenters. The molecule has 0 spiro atoms. The summed E-state index contributed by atoms with van der Waals surface area (Å²) in [6.45, 7) is 0. The molecule has 1 amide bonds. The van der Waals surface area contributed by atoms with E-state index in [1.54, 1.807) is 0 Å². The van der Waals surface area contributed by atoms with E-state index in [9.17, 15) is 4.79 Å². The highest BCUT2D eigenvalue weighted by atomic mass is 16.1. The largest absolute Gasteiger partial charge is 0.345 e. The molecule has 1 heterocycles. The number of nitrogens with one attached hydrogen (secondary N) is 1. The first-order valence-corrected chi connectivity index (χ1v) is 7.11. The highest BCUT2D eigenvalue weighted by Crippen LogP contribution is 2.16. The van der Waals surface area contributed by atoms with Crippen LogP contribution in [0.5, 0.6) is 0 Å². The van der Waals surface area contributed by atoms with Gasteiger partial charge in [-0.25, -0.2) is 0 Å². The second-order valence-electron chi connectivity index (χ2n) is 5.10. The Hall–Kier alpha value is -2.61. The lowest BCUT2D eigenvalue weighted by Gasteiger charge is -2.22. The summed E-state index contributed by atoms with van der Waals surface area (Å²) in [4.78, 5) is 12.0. The maximum Gasteiger partial charge on any atom is 0.252 e. The molecule has 3 rings (SSSR count). The van der Waals surface area contributed by atoms with Crippen molar-refractivity contribution in [1.29, 1.82) is 0 Å². The van der Waals surface area contributed by atoms with E-state index in [0.717, 1.165) is 17.5 Å². The van der Waals surface area contributed by atoms with Crippen LogP contribution in [0, 0.1) is 0 Å². The Morgan fingerprint density at radius 2 is 1.71 bits per heavy atom. The Kier molecular flexibility index (Phi) is 3.97. The minimum atomic E-state index is 0.0125. The van der Waals surface area contributed by atoms with Crippen molar-refractivity contribution in [2.45, 2.75) is 12.5 Å². The molecule has 21 heavy (non-hydrogen) atoms. The van der Waals surface area contributed by atoms with E-state index in [2.05, 4.69) is 23.5 Å². The minimum Gasteiger partial charge on any atom is -0.345 e. The minimum absolute atomic E-state index is 0.0125. The summed E-state index contributed by atoms with van der Waals surface area (Å²) >= 11 is 0. The molecule has 2 aromatic carbocycles. The molecule has 2 aromatic rings. The Morgan fingerprint density at radius 3 is 2.57 bits per heavy atom. The summed E-state index contributed by atoms with van der Waals surface area (Å²) in [5.41, 5.74) is 3.07. The molecule has 1 aliphatic heterocycles. The maximum atomic E-state index is 12.0. The highest BCUT2D eigenvalue weighted by Gasteiger charge is 2.21. The van der Waals surface area contributed by atoms with Crippen LogP contribution in [0.25, 0.3) is 6.08 Å². The van der Waals surface area contributed by atoms with Gasteiger partial charge in [-0.3, -0.25) is 4.79 Å². The fourth-order valence-corrected chi connectivity index (χ4v) is 2.50. The molecule has 0 unspecified atom stereocenters. The summed E-state index contributed by atoms with van der Waals surface area (Å²) in [5.74, 6) is 0.0125. The monoisotopic (exact) mass is 275 g/mol. The van der Waals surface area contributed by atoms with Crippen molar-refractivity contribution in [3.05, 3.63) is 89.5 Å². The van der Waals surface area contributed by atoms with Gasteiger partial charge >= 0.3 is 0 Å². The van der Waals surface area contributed by atoms with E-state index in [4.69, 9.17) is 0 Å². The zero-order valence-corrected chi connectivity index (χ0v) is 11.7. The van der Waals surface area contributed by atoms with E-state index in [-0.39, 0.29) is 11.9 Å². The Morgan fingerprint density at radius 1 is 0.952 bits per heavy atom. The molecule has 0 radical (unpaired) electrons. The average Bonchev–Trinajstić information content (AvgIpc) is 2.53. The number of hydrogen-bond donors (Lipinski definition) is 1. The van der Waals surface area contributed by atoms with E-state index >= 15 is 0 Å². The summed E-state index contributed by atoms with van der Waals surface area (Å²) in [6, 6.07) is 18.0. The normalized spacial score (nSPS) is 17.9. The quantitative estimate of drug-likeness (QED) is 0.852. The standard InChI is InChI=1S/C19H17NO/c21-19-18-13-7-5-11-16(18)14-17(20-19)12-6-4-10-15-8-2-1-3-9-15/h1-13,17H,14H2,(H,20,21)/b10-4+,12-6+/t17-/m0/s1. The molecule has 1 N–H and O–H groups in total. The van der Waals surface area contributed by atoms with Crippen LogP contribution >= 0.6 is 0 Å². The maximum absolute atomic E-state index is 12.0. The molecular weight excluding hydrogens is 258 g/mol. The van der Waals surface area contributed by atoms with Gasteiger partial charge in [0.1, 0.15) is 0 Å². The molecule has 2 nitrogen and oxygen atoms in total. The SMILES string of the molecule is O=C1N[C@@H](/C=C/C=C/c2ccccc2)Cc2ccccc21. The summed E-state index contributed by atoms with van der Waals surface area (Å²) in [5, 5.41) is 3.01. The molecule has 0 fully saturated rings. The fourth-order valence-electron chi connectivity index (χ4n) is 2.50. The number of benzene rings is 2. The number of amides is 1. The molecular formula is C19H17NO. The third kappa shape index (κ3) is 3.29. The molecule has 1 aliphatic rings. The molecule has 2 heteroatoms. The number of carbonyl (C=O) groups is 1. The Balaban J connectivity index is 1.66.